The lowest BCUT2D eigenvalue weighted by Gasteiger charge is -2.25. The second kappa shape index (κ2) is 21.5. The fourth-order valence-corrected chi connectivity index (χ4v) is 12.6. The molecule has 0 fully saturated rings. The first kappa shape index (κ1) is 50.1. The van der Waals surface area contributed by atoms with Crippen LogP contribution in [0.5, 0.6) is 23.0 Å². The van der Waals surface area contributed by atoms with Gasteiger partial charge in [-0.05, 0) is 105 Å². The zero-order valence-corrected chi connectivity index (χ0v) is 43.4. The zero-order chi connectivity index (χ0) is 50.7. The van der Waals surface area contributed by atoms with Gasteiger partial charge in [-0.25, -0.2) is 5.43 Å². The highest BCUT2D eigenvalue weighted by atomic mass is 33.1. The molecule has 0 unspecified atom stereocenters. The molecule has 376 valence electrons. The van der Waals surface area contributed by atoms with Crippen LogP contribution in [-0.2, 0) is 35.6 Å². The third-order valence-electron chi connectivity index (χ3n) is 13.5. The number of para-hydroxylation sites is 2. The Kier molecular flexibility index (Phi) is 14.9. The number of amides is 4. The van der Waals surface area contributed by atoms with Crippen LogP contribution < -0.4 is 49.3 Å². The van der Waals surface area contributed by atoms with Gasteiger partial charge >= 0.3 is 0 Å². The van der Waals surface area contributed by atoms with E-state index in [-0.39, 0.29) is 60.1 Å². The number of hydrogen-bond donors (Lipinski definition) is 2. The predicted octanol–water partition coefficient (Wildman–Crippen LogP) is 9.30. The Morgan fingerprint density at radius 3 is 1.71 bits per heavy atom. The maximum absolute atomic E-state index is 14.3. The molecule has 5 aromatic carbocycles. The molecule has 0 spiro atoms. The highest BCUT2D eigenvalue weighted by Crippen LogP contribution is 2.45. The van der Waals surface area contributed by atoms with E-state index >= 15 is 0 Å². The monoisotopic (exact) mass is 1010 g/mol. The highest BCUT2D eigenvalue weighted by Gasteiger charge is 2.41. The molecule has 15 nitrogen and oxygen atoms in total. The first-order chi connectivity index (χ1) is 34.7. The molecule has 4 heterocycles. The summed E-state index contributed by atoms with van der Waals surface area (Å²) in [5, 5.41) is 6.92. The molecule has 9 rings (SSSR count). The number of fused-ring (bicyclic) bond motifs is 8. The Balaban J connectivity index is 0.948. The van der Waals surface area contributed by atoms with Gasteiger partial charge in [-0.3, -0.25) is 19.2 Å². The van der Waals surface area contributed by atoms with Gasteiger partial charge in [-0.1, -0.05) is 58.0 Å². The van der Waals surface area contributed by atoms with Crippen LogP contribution in [0.2, 0.25) is 0 Å². The molecule has 2 N–H and O–H groups in total. The van der Waals surface area contributed by atoms with Crippen LogP contribution in [0.3, 0.4) is 0 Å². The molecular formula is C55H61N7O8S2. The predicted molar refractivity (Wildman–Crippen MR) is 288 cm³/mol. The van der Waals surface area contributed by atoms with Crippen molar-refractivity contribution in [2.75, 3.05) is 72.1 Å². The van der Waals surface area contributed by atoms with Gasteiger partial charge in [0.05, 0.1) is 48.8 Å². The average molecular weight is 1010 g/mol. The Morgan fingerprint density at radius 2 is 1.21 bits per heavy atom. The minimum atomic E-state index is -0.243. The normalized spacial score (nSPS) is 16.8. The van der Waals surface area contributed by atoms with Gasteiger partial charge in [0.1, 0.15) is 13.2 Å². The number of anilines is 5. The molecule has 0 radical (unpaired) electrons. The second-order valence-electron chi connectivity index (χ2n) is 19.1. The Hall–Kier alpha value is -6.85. The SMILES string of the molecule is CC=NNC(=O)CCSSC(C)(C)CCC(=O)Nc1cc(COc2cc3c(cc2OC)C(=O)N2c4ccccc4C[C@H]2CN3C)cc(COc2cc3c(cc2OC)C(=O)N2c4ccccc4C[C@H]2CN3C)c1. The van der Waals surface area contributed by atoms with Crippen molar-refractivity contribution in [1.29, 1.82) is 0 Å². The van der Waals surface area contributed by atoms with Gasteiger partial charge in [-0.2, -0.15) is 5.10 Å². The largest absolute Gasteiger partial charge is 0.493 e. The maximum atomic E-state index is 14.3. The summed E-state index contributed by atoms with van der Waals surface area (Å²) in [5.74, 6) is 1.94. The van der Waals surface area contributed by atoms with Crippen molar-refractivity contribution >= 4 is 79.9 Å². The van der Waals surface area contributed by atoms with Crippen LogP contribution in [0.25, 0.3) is 0 Å². The van der Waals surface area contributed by atoms with Gasteiger partial charge in [0.15, 0.2) is 23.0 Å². The summed E-state index contributed by atoms with van der Waals surface area (Å²) in [6, 6.07) is 29.1. The lowest BCUT2D eigenvalue weighted by atomic mass is 10.1. The van der Waals surface area contributed by atoms with Crippen LogP contribution in [0.1, 0.15) is 83.0 Å². The number of rotatable bonds is 18. The van der Waals surface area contributed by atoms with E-state index in [4.69, 9.17) is 18.9 Å². The van der Waals surface area contributed by atoms with Gasteiger partial charge in [0.2, 0.25) is 11.8 Å². The number of nitrogens with zero attached hydrogens (tertiary/aromatic N) is 5. The van der Waals surface area contributed by atoms with Crippen molar-refractivity contribution in [3.8, 4) is 23.0 Å². The summed E-state index contributed by atoms with van der Waals surface area (Å²) in [4.78, 5) is 62.3. The Bertz CT molecular complexity index is 2770. The first-order valence-electron chi connectivity index (χ1n) is 24.2. The third kappa shape index (κ3) is 10.7. The number of nitrogens with one attached hydrogen (secondary N) is 2. The average Bonchev–Trinajstić information content (AvgIpc) is 3.88. The Morgan fingerprint density at radius 1 is 0.694 bits per heavy atom. The standard InChI is InChI=1S/C55H61N7O8S2/c1-8-56-58-52(64)18-20-71-72-55(2,3)19-17-51(63)57-38-22-34(32-69-49-28-45-41(26-47(49)67-6)53(65)61-39(30-59(45)4)24-36-13-9-11-15-43(36)61)21-35(23-38)33-70-50-29-46-42(27-48(50)68-7)54(66)62-40(31-60(46)5)25-37-14-10-12-16-44(37)62/h8-16,21-23,26-29,39-40H,17-20,24-25,30-33H2,1-7H3,(H,57,63)(H,58,64)/t39-,40-/m0/s1. The van der Waals surface area contributed by atoms with Crippen LogP contribution in [0.15, 0.2) is 96.1 Å². The van der Waals surface area contributed by atoms with E-state index in [0.717, 1.165) is 57.8 Å². The van der Waals surface area contributed by atoms with Crippen molar-refractivity contribution in [1.82, 2.24) is 5.43 Å². The molecule has 0 bridgehead atoms. The van der Waals surface area contributed by atoms with Crippen molar-refractivity contribution < 1.29 is 38.1 Å². The van der Waals surface area contributed by atoms with Crippen molar-refractivity contribution in [3.05, 3.63) is 124 Å². The third-order valence-corrected chi connectivity index (χ3v) is 16.8. The lowest BCUT2D eigenvalue weighted by molar-refractivity contribution is -0.120. The number of hydrogen-bond acceptors (Lipinski definition) is 13. The molecule has 72 heavy (non-hydrogen) atoms. The topological polar surface area (TPSA) is 155 Å². The van der Waals surface area contributed by atoms with Crippen LogP contribution in [0.4, 0.5) is 28.4 Å². The minimum Gasteiger partial charge on any atom is -0.493 e. The molecule has 17 heteroatoms. The van der Waals surface area contributed by atoms with E-state index in [1.54, 1.807) is 54.9 Å². The molecule has 0 saturated carbocycles. The second-order valence-corrected chi connectivity index (χ2v) is 22.2. The number of carbonyl (C=O) groups is 4. The number of ether oxygens (including phenoxy) is 4. The Labute approximate surface area is 429 Å². The van der Waals surface area contributed by atoms with Gasteiger partial charge in [-0.15, -0.1) is 0 Å². The number of methoxy groups -OCH3 is 2. The molecule has 5 aromatic rings. The lowest BCUT2D eigenvalue weighted by Crippen LogP contribution is -2.41. The summed E-state index contributed by atoms with van der Waals surface area (Å²) >= 11 is 0. The van der Waals surface area contributed by atoms with Crippen LogP contribution >= 0.6 is 21.6 Å². The maximum Gasteiger partial charge on any atom is 0.260 e. The quantitative estimate of drug-likeness (QED) is 0.0372. The van der Waals surface area contributed by atoms with E-state index in [2.05, 4.69) is 51.6 Å². The summed E-state index contributed by atoms with van der Waals surface area (Å²) in [7, 11) is 10.4. The molecule has 4 aliphatic rings. The van der Waals surface area contributed by atoms with Crippen molar-refractivity contribution in [2.45, 2.75) is 82.9 Å². The summed E-state index contributed by atoms with van der Waals surface area (Å²) in [6.45, 7) is 7.41. The van der Waals surface area contributed by atoms with Crippen molar-refractivity contribution in [2.24, 2.45) is 5.10 Å². The first-order valence-corrected chi connectivity index (χ1v) is 26.5. The van der Waals surface area contributed by atoms with Crippen LogP contribution in [0, 0.1) is 0 Å². The zero-order valence-electron chi connectivity index (χ0n) is 41.8. The number of carbonyl (C=O) groups excluding carboxylic acids is 4. The van der Waals surface area contributed by atoms with E-state index in [0.29, 0.717) is 71.5 Å². The smallest absolute Gasteiger partial charge is 0.260 e. The molecule has 0 aliphatic carbocycles. The van der Waals surface area contributed by atoms with E-state index in [1.807, 2.05) is 90.6 Å². The summed E-state index contributed by atoms with van der Waals surface area (Å²) in [6.07, 6.45) is 4.29. The number of hydrazone groups is 1. The molecule has 0 aromatic heterocycles. The molecule has 4 aliphatic heterocycles. The molecule has 0 saturated heterocycles. The van der Waals surface area contributed by atoms with E-state index in [1.165, 1.54) is 6.21 Å². The fourth-order valence-electron chi connectivity index (χ4n) is 10.0. The van der Waals surface area contributed by atoms with Crippen molar-refractivity contribution in [3.63, 3.8) is 0 Å². The number of likely N-dealkylation sites (N-methyl/N-ethyl adjacent to an activating group) is 2. The van der Waals surface area contributed by atoms with Gasteiger partial charge < -0.3 is 43.9 Å². The summed E-state index contributed by atoms with van der Waals surface area (Å²) in [5.41, 5.74) is 11.3. The minimum absolute atomic E-state index is 0.0131. The molecule has 2 atom stereocenters. The van der Waals surface area contributed by atoms with E-state index in [9.17, 15) is 19.2 Å². The molecular weight excluding hydrogens is 951 g/mol. The van der Waals surface area contributed by atoms with Crippen LogP contribution in [-0.4, -0.2) is 93.8 Å². The molecule has 4 amide bonds. The summed E-state index contributed by atoms with van der Waals surface area (Å²) < 4.78 is 24.6. The van der Waals surface area contributed by atoms with Gasteiger partial charge in [0.25, 0.3) is 11.8 Å². The number of benzene rings is 5. The highest BCUT2D eigenvalue weighted by molar-refractivity contribution is 8.77. The van der Waals surface area contributed by atoms with Gasteiger partial charge in [0, 0.05) is 85.9 Å². The fraction of sp³-hybridized carbons (Fsp3) is 0.364. The van der Waals surface area contributed by atoms with E-state index < -0.39 is 0 Å².